The van der Waals surface area contributed by atoms with E-state index < -0.39 is 0 Å². The van der Waals surface area contributed by atoms with Gasteiger partial charge in [0, 0.05) is 11.8 Å². The van der Waals surface area contributed by atoms with E-state index in [2.05, 4.69) is 37.5 Å². The maximum Gasteiger partial charge on any atom is 0.0158 e. The van der Waals surface area contributed by atoms with Crippen LogP contribution in [-0.4, -0.2) is 24.1 Å². The second-order valence-electron chi connectivity index (χ2n) is 3.55. The molecule has 2 heteroatoms. The zero-order valence-corrected chi connectivity index (χ0v) is 10.5. The third kappa shape index (κ3) is 8.64. The van der Waals surface area contributed by atoms with Crippen molar-refractivity contribution in [1.82, 2.24) is 5.32 Å². The number of hydrogen-bond acceptors (Lipinski definition) is 2. The standard InChI is InChI=1S/C12H25NS/c1-4-7-8-9-12(13-6-3)11-14-10-5-2/h4,12-13H,1,5-11H2,2-3H3. The van der Waals surface area contributed by atoms with Crippen LogP contribution in [0.25, 0.3) is 0 Å². The Kier molecular flexibility index (Phi) is 11.2. The van der Waals surface area contributed by atoms with Crippen molar-refractivity contribution in [2.45, 2.75) is 45.6 Å². The Hall–Kier alpha value is 0.0500. The molecule has 0 bridgehead atoms. The van der Waals surface area contributed by atoms with Crippen molar-refractivity contribution in [3.63, 3.8) is 0 Å². The molecule has 0 heterocycles. The van der Waals surface area contributed by atoms with Crippen LogP contribution in [-0.2, 0) is 0 Å². The Labute approximate surface area is 93.7 Å². The molecular formula is C12H25NS. The fourth-order valence-corrected chi connectivity index (χ4v) is 2.44. The summed E-state index contributed by atoms with van der Waals surface area (Å²) in [6, 6.07) is 0.705. The molecule has 1 nitrogen and oxygen atoms in total. The predicted molar refractivity (Wildman–Crippen MR) is 69.1 cm³/mol. The van der Waals surface area contributed by atoms with E-state index in [0.717, 1.165) is 13.0 Å². The van der Waals surface area contributed by atoms with Crippen LogP contribution in [0.3, 0.4) is 0 Å². The van der Waals surface area contributed by atoms with Crippen LogP contribution in [0.4, 0.5) is 0 Å². The molecule has 0 aliphatic heterocycles. The van der Waals surface area contributed by atoms with Gasteiger partial charge in [0.25, 0.3) is 0 Å². The summed E-state index contributed by atoms with van der Waals surface area (Å²) in [5, 5.41) is 3.55. The van der Waals surface area contributed by atoms with Gasteiger partial charge >= 0.3 is 0 Å². The highest BCUT2D eigenvalue weighted by Gasteiger charge is 2.05. The molecule has 14 heavy (non-hydrogen) atoms. The van der Waals surface area contributed by atoms with Crippen molar-refractivity contribution in [2.24, 2.45) is 0 Å². The molecule has 0 aliphatic rings. The lowest BCUT2D eigenvalue weighted by Gasteiger charge is -2.16. The second-order valence-corrected chi connectivity index (χ2v) is 4.70. The third-order valence-corrected chi connectivity index (χ3v) is 3.46. The van der Waals surface area contributed by atoms with Crippen LogP contribution in [0.1, 0.15) is 39.5 Å². The summed E-state index contributed by atoms with van der Waals surface area (Å²) in [5.74, 6) is 2.56. The van der Waals surface area contributed by atoms with Gasteiger partial charge in [-0.15, -0.1) is 6.58 Å². The number of rotatable bonds is 10. The predicted octanol–water partition coefficient (Wildman–Crippen LogP) is 3.46. The molecule has 0 aromatic rings. The lowest BCUT2D eigenvalue weighted by molar-refractivity contribution is 0.521. The molecule has 0 aliphatic carbocycles. The highest BCUT2D eigenvalue weighted by atomic mass is 32.2. The molecule has 0 saturated heterocycles. The molecule has 0 rings (SSSR count). The van der Waals surface area contributed by atoms with Crippen molar-refractivity contribution < 1.29 is 0 Å². The highest BCUT2D eigenvalue weighted by Crippen LogP contribution is 2.10. The average Bonchev–Trinajstić information content (AvgIpc) is 2.18. The monoisotopic (exact) mass is 215 g/mol. The maximum atomic E-state index is 3.75. The summed E-state index contributed by atoms with van der Waals surface area (Å²) < 4.78 is 0. The minimum atomic E-state index is 0.705. The van der Waals surface area contributed by atoms with E-state index in [1.165, 1.54) is 30.8 Å². The molecule has 0 radical (unpaired) electrons. The van der Waals surface area contributed by atoms with E-state index >= 15 is 0 Å². The smallest absolute Gasteiger partial charge is 0.0158 e. The average molecular weight is 215 g/mol. The Morgan fingerprint density at radius 3 is 2.79 bits per heavy atom. The summed E-state index contributed by atoms with van der Waals surface area (Å²) in [6.07, 6.45) is 7.02. The van der Waals surface area contributed by atoms with Crippen LogP contribution in [0.15, 0.2) is 12.7 Å². The molecule has 0 spiro atoms. The van der Waals surface area contributed by atoms with Crippen molar-refractivity contribution in [2.75, 3.05) is 18.1 Å². The number of thioether (sulfide) groups is 1. The van der Waals surface area contributed by atoms with Crippen LogP contribution < -0.4 is 5.32 Å². The number of unbranched alkanes of at least 4 members (excludes halogenated alkanes) is 1. The van der Waals surface area contributed by atoms with Gasteiger partial charge < -0.3 is 5.32 Å². The first-order valence-corrected chi connectivity index (χ1v) is 6.92. The van der Waals surface area contributed by atoms with Gasteiger partial charge in [-0.3, -0.25) is 0 Å². The van der Waals surface area contributed by atoms with Crippen LogP contribution in [0.2, 0.25) is 0 Å². The van der Waals surface area contributed by atoms with E-state index in [-0.39, 0.29) is 0 Å². The number of nitrogens with one attached hydrogen (secondary N) is 1. The maximum absolute atomic E-state index is 3.75. The minimum absolute atomic E-state index is 0.705. The first-order chi connectivity index (χ1) is 6.85. The molecule has 0 fully saturated rings. The highest BCUT2D eigenvalue weighted by molar-refractivity contribution is 7.99. The first kappa shape index (κ1) is 14.1. The molecule has 0 saturated carbocycles. The minimum Gasteiger partial charge on any atom is -0.313 e. The fraction of sp³-hybridized carbons (Fsp3) is 0.833. The van der Waals surface area contributed by atoms with Crippen LogP contribution in [0, 0.1) is 0 Å². The SMILES string of the molecule is C=CCCCC(CSCCC)NCC. The molecular weight excluding hydrogens is 190 g/mol. The Morgan fingerprint density at radius 1 is 1.43 bits per heavy atom. The van der Waals surface area contributed by atoms with Gasteiger partial charge in [-0.1, -0.05) is 19.9 Å². The number of allylic oxidation sites excluding steroid dienone is 1. The van der Waals surface area contributed by atoms with E-state index in [1.54, 1.807) is 0 Å². The zero-order valence-electron chi connectivity index (χ0n) is 9.72. The fourth-order valence-electron chi connectivity index (χ4n) is 1.41. The van der Waals surface area contributed by atoms with E-state index in [4.69, 9.17) is 0 Å². The molecule has 0 aromatic carbocycles. The van der Waals surface area contributed by atoms with Crippen LogP contribution >= 0.6 is 11.8 Å². The number of hydrogen-bond donors (Lipinski definition) is 1. The van der Waals surface area contributed by atoms with Gasteiger partial charge in [0.15, 0.2) is 0 Å². The van der Waals surface area contributed by atoms with Gasteiger partial charge in [0.1, 0.15) is 0 Å². The van der Waals surface area contributed by atoms with Crippen molar-refractivity contribution in [1.29, 1.82) is 0 Å². The lowest BCUT2D eigenvalue weighted by atomic mass is 10.1. The van der Waals surface area contributed by atoms with Gasteiger partial charge in [0.2, 0.25) is 0 Å². The third-order valence-electron chi connectivity index (χ3n) is 2.12. The topological polar surface area (TPSA) is 12.0 Å². The van der Waals surface area contributed by atoms with Gasteiger partial charge in [0.05, 0.1) is 0 Å². The molecule has 1 unspecified atom stereocenters. The van der Waals surface area contributed by atoms with E-state index in [1.807, 2.05) is 6.08 Å². The van der Waals surface area contributed by atoms with Crippen molar-refractivity contribution in [3.8, 4) is 0 Å². The largest absolute Gasteiger partial charge is 0.313 e. The molecule has 1 atom stereocenters. The Morgan fingerprint density at radius 2 is 2.21 bits per heavy atom. The summed E-state index contributed by atoms with van der Waals surface area (Å²) >= 11 is 2.07. The summed E-state index contributed by atoms with van der Waals surface area (Å²) in [6.45, 7) is 9.27. The summed E-state index contributed by atoms with van der Waals surface area (Å²) in [7, 11) is 0. The second kappa shape index (κ2) is 11.1. The lowest BCUT2D eigenvalue weighted by Crippen LogP contribution is -2.31. The first-order valence-electron chi connectivity index (χ1n) is 5.77. The Balaban J connectivity index is 3.48. The van der Waals surface area contributed by atoms with Gasteiger partial charge in [-0.25, -0.2) is 0 Å². The van der Waals surface area contributed by atoms with Gasteiger partial charge in [-0.2, -0.15) is 11.8 Å². The van der Waals surface area contributed by atoms with Crippen molar-refractivity contribution >= 4 is 11.8 Å². The summed E-state index contributed by atoms with van der Waals surface area (Å²) in [4.78, 5) is 0. The van der Waals surface area contributed by atoms with E-state index in [0.29, 0.717) is 6.04 Å². The van der Waals surface area contributed by atoms with E-state index in [9.17, 15) is 0 Å². The quantitative estimate of drug-likeness (QED) is 0.442. The molecule has 0 aromatic heterocycles. The van der Waals surface area contributed by atoms with Crippen molar-refractivity contribution in [3.05, 3.63) is 12.7 Å². The zero-order chi connectivity index (χ0) is 10.6. The normalized spacial score (nSPS) is 12.7. The van der Waals surface area contributed by atoms with Gasteiger partial charge in [-0.05, 0) is 38.0 Å². The summed E-state index contributed by atoms with van der Waals surface area (Å²) in [5.41, 5.74) is 0. The Bertz CT molecular complexity index is 125. The van der Waals surface area contributed by atoms with Crippen LogP contribution in [0.5, 0.6) is 0 Å². The molecule has 1 N–H and O–H groups in total. The molecule has 0 amide bonds. The molecule has 84 valence electrons.